The Bertz CT molecular complexity index is 3180. The van der Waals surface area contributed by atoms with Crippen LogP contribution in [0.2, 0.25) is 0 Å². The van der Waals surface area contributed by atoms with Gasteiger partial charge in [0.1, 0.15) is 37.1 Å². The van der Waals surface area contributed by atoms with Crippen molar-refractivity contribution in [3.63, 3.8) is 0 Å². The van der Waals surface area contributed by atoms with Crippen LogP contribution in [-0.4, -0.2) is 134 Å². The fourth-order valence-corrected chi connectivity index (χ4v) is 9.85. The van der Waals surface area contributed by atoms with E-state index in [1.807, 2.05) is 27.7 Å². The molecule has 4 aromatic heterocycles. The molecule has 4 fully saturated rings. The second kappa shape index (κ2) is 22.8. The van der Waals surface area contributed by atoms with Crippen molar-refractivity contribution >= 4 is 40.7 Å². The summed E-state index contributed by atoms with van der Waals surface area (Å²) < 4.78 is 112. The highest BCUT2D eigenvalue weighted by molar-refractivity contribution is 6.04. The van der Waals surface area contributed by atoms with Crippen LogP contribution in [0, 0.1) is 0 Å². The van der Waals surface area contributed by atoms with Gasteiger partial charge in [-0.05, 0) is 89.8 Å². The molecule has 4 N–H and O–H groups in total. The van der Waals surface area contributed by atoms with Crippen LogP contribution in [0.25, 0.3) is 22.8 Å². The number of hydrogen-bond acceptors (Lipinski definition) is 19. The smallest absolute Gasteiger partial charge is 0.416 e. The van der Waals surface area contributed by atoms with Gasteiger partial charge in [0.25, 0.3) is 0 Å². The van der Waals surface area contributed by atoms with E-state index < -0.39 is 41.1 Å². The third-order valence-electron chi connectivity index (χ3n) is 13.5. The van der Waals surface area contributed by atoms with Crippen molar-refractivity contribution in [3.05, 3.63) is 96.6 Å². The first-order valence-corrected chi connectivity index (χ1v) is 25.9. The van der Waals surface area contributed by atoms with E-state index in [1.165, 1.54) is 35.4 Å². The Labute approximate surface area is 455 Å². The standard InChI is InChI=1S/C27H28F3N7O4.C16H15F3N4.C10H15N3O3/c1-26(2)40-15-19(41-26)14-39-24-31-9-8-21(33-24)34-25(38)37-18-7-4-10-36(13-18)20-12-32-22(35-23(20)37)16-5-3-6-17(11-16)27(28,29)30;17-16(18,19)11-4-1-3-10(7-11)14-20-8-13-15(22-14)21-12-5-2-6-23(13)9-12;1-10(2)15-6-7(16-10)5-14-9-12-4-3-8(11)13-9/h3,5-6,8-9,11-12,18-19H,4,7,10,13-15H2,1-2H3,(H,31,33,34,38);1,3-4,7-8,12H,2,5-6,9H2,(H,20,21,22);3-4,7H,5-6H2,1-2H3,(H2,11,12,13)/t18-,19+;12-;7-/m001/s1. The maximum atomic E-state index is 13.7. The first-order chi connectivity index (χ1) is 38.1. The number of urea groups is 1. The number of nitrogens with zero attached hydrogens (tertiary/aromatic N) is 11. The van der Waals surface area contributed by atoms with E-state index in [2.05, 4.69) is 60.3 Å². The molecular formula is C53H58F6N14O7. The van der Waals surface area contributed by atoms with Gasteiger partial charge in [0.2, 0.25) is 0 Å². The van der Waals surface area contributed by atoms with Gasteiger partial charge in [0.15, 0.2) is 34.9 Å². The summed E-state index contributed by atoms with van der Waals surface area (Å²) in [6, 6.07) is 13.1. The quantitative estimate of drug-likeness (QED) is 0.115. The number of aromatic nitrogens is 8. The average Bonchev–Trinajstić information content (AvgIpc) is 3.98. The van der Waals surface area contributed by atoms with Crippen LogP contribution >= 0.6 is 0 Å². The number of anilines is 6. The van der Waals surface area contributed by atoms with Crippen molar-refractivity contribution in [1.29, 1.82) is 0 Å². The summed E-state index contributed by atoms with van der Waals surface area (Å²) in [4.78, 5) is 53.5. The minimum Gasteiger partial charge on any atom is -0.461 e. The van der Waals surface area contributed by atoms with Crippen LogP contribution in [0.5, 0.6) is 12.0 Å². The summed E-state index contributed by atoms with van der Waals surface area (Å²) in [6.07, 6.45) is 0.824. The first kappa shape index (κ1) is 55.6. The van der Waals surface area contributed by atoms with Gasteiger partial charge in [0.05, 0.1) is 54.2 Å². The van der Waals surface area contributed by atoms with E-state index in [-0.39, 0.29) is 54.1 Å². The number of carbonyl (C=O) groups excluding carboxylic acids is 1. The van der Waals surface area contributed by atoms with Gasteiger partial charge >= 0.3 is 30.4 Å². The molecular weight excluding hydrogens is 1060 g/mol. The molecule has 0 aliphatic carbocycles. The van der Waals surface area contributed by atoms with Crippen molar-refractivity contribution in [3.8, 4) is 34.8 Å². The summed E-state index contributed by atoms with van der Waals surface area (Å²) in [5.41, 5.74) is 6.14. The number of benzene rings is 2. The molecule has 6 aliphatic heterocycles. The summed E-state index contributed by atoms with van der Waals surface area (Å²) in [6.45, 7) is 12.0. The largest absolute Gasteiger partial charge is 0.461 e. The summed E-state index contributed by atoms with van der Waals surface area (Å²) in [5.74, 6) is 0.816. The lowest BCUT2D eigenvalue weighted by atomic mass is 10.0. The van der Waals surface area contributed by atoms with Gasteiger partial charge in [0, 0.05) is 55.7 Å². The Hall–Kier alpha value is -7.75. The molecule has 6 aromatic rings. The number of nitrogens with two attached hydrogens (primary N) is 1. The molecule has 2 aromatic carbocycles. The topological polar surface area (TPSA) is 235 Å². The number of hydrogen-bond donors (Lipinski definition) is 3. The third-order valence-corrected chi connectivity index (χ3v) is 13.5. The molecule has 2 amide bonds. The molecule has 12 rings (SSSR count). The predicted octanol–water partition coefficient (Wildman–Crippen LogP) is 8.65. The van der Waals surface area contributed by atoms with Gasteiger partial charge in [-0.15, -0.1) is 0 Å². The molecule has 0 radical (unpaired) electrons. The number of amides is 2. The molecule has 0 saturated carbocycles. The number of fused-ring (bicyclic) bond motifs is 8. The SMILES string of the molecule is CC1(C)OC[C@@H](COc2nccc(N)n2)O1.CC1(C)OC[C@@H](COc2nccc(NC(=O)N3c4nc(-c5cccc(C(F)(F)F)c5)ncc4N4CCC[C@H]3C4)n2)O1.FC(F)(F)c1cccc(-c2ncc3c(n2)N[C@H]2CCCN3C2)c1. The zero-order chi connectivity index (χ0) is 56.4. The summed E-state index contributed by atoms with van der Waals surface area (Å²) in [5, 5.41) is 6.17. The molecule has 27 heteroatoms. The number of halogens is 6. The van der Waals surface area contributed by atoms with E-state index in [1.54, 1.807) is 30.7 Å². The van der Waals surface area contributed by atoms with Gasteiger partial charge in [-0.3, -0.25) is 10.2 Å². The van der Waals surface area contributed by atoms with E-state index in [4.69, 9.17) is 34.2 Å². The third kappa shape index (κ3) is 13.5. The van der Waals surface area contributed by atoms with Crippen LogP contribution in [0.15, 0.2) is 85.5 Å². The Morgan fingerprint density at radius 2 is 1.27 bits per heavy atom. The van der Waals surface area contributed by atoms with E-state index in [0.717, 1.165) is 75.3 Å². The highest BCUT2D eigenvalue weighted by atomic mass is 19.4. The van der Waals surface area contributed by atoms with Crippen molar-refractivity contribution in [1.82, 2.24) is 39.9 Å². The lowest BCUT2D eigenvalue weighted by Crippen LogP contribution is -2.56. The first-order valence-electron chi connectivity index (χ1n) is 25.9. The van der Waals surface area contributed by atoms with Crippen LogP contribution < -0.4 is 40.5 Å². The van der Waals surface area contributed by atoms with E-state index in [9.17, 15) is 31.1 Å². The Morgan fingerprint density at radius 3 is 1.86 bits per heavy atom. The Morgan fingerprint density at radius 1 is 0.713 bits per heavy atom. The number of nitrogen functional groups attached to an aromatic ring is 1. The fourth-order valence-electron chi connectivity index (χ4n) is 9.85. The molecule has 6 aliphatic rings. The maximum absolute atomic E-state index is 13.7. The van der Waals surface area contributed by atoms with Crippen LogP contribution in [0.1, 0.15) is 64.5 Å². The zero-order valence-electron chi connectivity index (χ0n) is 44.0. The molecule has 21 nitrogen and oxygen atoms in total. The number of ether oxygens (including phenoxy) is 6. The maximum Gasteiger partial charge on any atom is 0.416 e. The Kier molecular flexibility index (Phi) is 15.8. The molecule has 4 saturated heterocycles. The molecule has 0 unspecified atom stereocenters. The number of alkyl halides is 6. The van der Waals surface area contributed by atoms with Crippen molar-refractivity contribution < 1.29 is 59.6 Å². The van der Waals surface area contributed by atoms with Crippen molar-refractivity contribution in [2.45, 2.75) is 102 Å². The number of rotatable bonds is 9. The molecule has 10 heterocycles. The summed E-state index contributed by atoms with van der Waals surface area (Å²) in [7, 11) is 0. The fraction of sp³-hybridized carbons (Fsp3) is 0.453. The second-order valence-corrected chi connectivity index (χ2v) is 20.5. The van der Waals surface area contributed by atoms with Gasteiger partial charge < -0.3 is 49.3 Å². The highest BCUT2D eigenvalue weighted by Crippen LogP contribution is 2.40. The normalized spacial score (nSPS) is 21.4. The van der Waals surface area contributed by atoms with Crippen molar-refractivity contribution in [2.24, 2.45) is 0 Å². The van der Waals surface area contributed by atoms with Crippen molar-refractivity contribution in [2.75, 3.05) is 83.7 Å². The lowest BCUT2D eigenvalue weighted by Gasteiger charge is -2.45. The number of carbonyl (C=O) groups is 1. The molecule has 80 heavy (non-hydrogen) atoms. The van der Waals surface area contributed by atoms with Crippen LogP contribution in [-0.2, 0) is 31.3 Å². The molecule has 4 atom stereocenters. The highest BCUT2D eigenvalue weighted by Gasteiger charge is 2.40. The zero-order valence-corrected chi connectivity index (χ0v) is 44.0. The van der Waals surface area contributed by atoms with Gasteiger partial charge in [-0.25, -0.2) is 34.7 Å². The van der Waals surface area contributed by atoms with Gasteiger partial charge in [-0.1, -0.05) is 24.3 Å². The molecule has 0 spiro atoms. The van der Waals surface area contributed by atoms with Gasteiger partial charge in [-0.2, -0.15) is 36.3 Å². The van der Waals surface area contributed by atoms with E-state index in [0.29, 0.717) is 66.9 Å². The minimum absolute atomic E-state index is 0.0631. The van der Waals surface area contributed by atoms with Crippen LogP contribution in [0.3, 0.4) is 0 Å². The predicted molar refractivity (Wildman–Crippen MR) is 280 cm³/mol. The van der Waals surface area contributed by atoms with E-state index >= 15 is 0 Å². The summed E-state index contributed by atoms with van der Waals surface area (Å²) >= 11 is 0. The lowest BCUT2D eigenvalue weighted by molar-refractivity contribution is -0.142. The number of piperidine rings is 2. The van der Waals surface area contributed by atoms with Crippen LogP contribution in [0.4, 0.5) is 65.8 Å². The Balaban J connectivity index is 0.000000154. The average molecular weight is 1120 g/mol. The minimum atomic E-state index is -4.51. The monoisotopic (exact) mass is 1120 g/mol. The number of nitrogens with one attached hydrogen (secondary N) is 2. The molecule has 424 valence electrons. The second-order valence-electron chi connectivity index (χ2n) is 20.5. The molecule has 4 bridgehead atoms.